The van der Waals surface area contributed by atoms with Crippen LogP contribution < -0.4 is 10.5 Å². The van der Waals surface area contributed by atoms with Gasteiger partial charge in [-0.1, -0.05) is 23.7 Å². The molecule has 2 aromatic carbocycles. The lowest BCUT2D eigenvalue weighted by molar-refractivity contribution is 0.0566. The summed E-state index contributed by atoms with van der Waals surface area (Å²) >= 11 is 5.98. The largest absolute Gasteiger partial charge is 0.366 e. The molecule has 3 heterocycles. The molecular weight excluding hydrogens is 474 g/mol. The number of hydrogen-bond donors (Lipinski definition) is 0. The number of alkyl halides is 2. The fraction of sp³-hybridized carbons (Fsp3) is 0.320. The second kappa shape index (κ2) is 9.39. The van der Waals surface area contributed by atoms with Crippen LogP contribution in [0.2, 0.25) is 5.02 Å². The molecule has 1 fully saturated rings. The van der Waals surface area contributed by atoms with Gasteiger partial charge in [0.1, 0.15) is 0 Å². The highest BCUT2D eigenvalue weighted by Crippen LogP contribution is 2.36. The van der Waals surface area contributed by atoms with Gasteiger partial charge in [0, 0.05) is 53.7 Å². The van der Waals surface area contributed by atoms with Crippen molar-refractivity contribution in [3.8, 4) is 11.1 Å². The number of fused-ring (bicyclic) bond motifs is 1. The van der Waals surface area contributed by atoms with Gasteiger partial charge in [-0.3, -0.25) is 9.36 Å². The van der Waals surface area contributed by atoms with Crippen molar-refractivity contribution < 1.29 is 8.78 Å². The minimum absolute atomic E-state index is 0.164. The number of aromatic nitrogens is 4. The Morgan fingerprint density at radius 1 is 1.17 bits per heavy atom. The van der Waals surface area contributed by atoms with Gasteiger partial charge in [0.25, 0.3) is 5.56 Å². The fourth-order valence-corrected chi connectivity index (χ4v) is 4.77. The second-order valence-electron chi connectivity index (χ2n) is 8.98. The van der Waals surface area contributed by atoms with Crippen LogP contribution in [0.15, 0.2) is 59.9 Å². The topological polar surface area (TPSA) is 59.2 Å². The molecular formula is C25H25ClF2N6O. The molecule has 0 saturated carbocycles. The molecule has 10 heteroatoms. The summed E-state index contributed by atoms with van der Waals surface area (Å²) in [6.07, 6.45) is 4.28. The molecule has 182 valence electrons. The molecule has 1 saturated heterocycles. The average Bonchev–Trinajstić information content (AvgIpc) is 3.32. The molecule has 0 spiro atoms. The van der Waals surface area contributed by atoms with E-state index in [4.69, 9.17) is 11.6 Å². The Bertz CT molecular complexity index is 1420. The summed E-state index contributed by atoms with van der Waals surface area (Å²) in [5.74, 6) is 0. The summed E-state index contributed by atoms with van der Waals surface area (Å²) in [6, 6.07) is 11.1. The molecule has 1 aliphatic rings. The molecule has 0 N–H and O–H groups in total. The fourth-order valence-electron chi connectivity index (χ4n) is 4.64. The van der Waals surface area contributed by atoms with Crippen LogP contribution in [0, 0.1) is 0 Å². The van der Waals surface area contributed by atoms with E-state index in [9.17, 15) is 13.6 Å². The van der Waals surface area contributed by atoms with Gasteiger partial charge in [0.15, 0.2) is 0 Å². The molecule has 0 radical (unpaired) electrons. The molecule has 2 aromatic heterocycles. The minimum Gasteiger partial charge on any atom is -0.366 e. The summed E-state index contributed by atoms with van der Waals surface area (Å²) in [6.45, 7) is 2.20. The Hall–Kier alpha value is -3.30. The maximum Gasteiger partial charge on any atom is 0.333 e. The van der Waals surface area contributed by atoms with Crippen molar-refractivity contribution in [2.24, 2.45) is 0 Å². The first kappa shape index (κ1) is 23.4. The number of nitrogens with zero attached hydrogens (tertiary/aromatic N) is 6. The number of halogens is 3. The number of benzene rings is 2. The lowest BCUT2D eigenvalue weighted by Crippen LogP contribution is -2.50. The Balaban J connectivity index is 1.64. The van der Waals surface area contributed by atoms with E-state index in [0.29, 0.717) is 32.7 Å². The van der Waals surface area contributed by atoms with Crippen LogP contribution in [-0.4, -0.2) is 57.0 Å². The Morgan fingerprint density at radius 2 is 1.94 bits per heavy atom. The number of anilines is 1. The molecule has 1 aliphatic heterocycles. The van der Waals surface area contributed by atoms with Crippen molar-refractivity contribution in [1.29, 1.82) is 0 Å². The second-order valence-corrected chi connectivity index (χ2v) is 9.42. The van der Waals surface area contributed by atoms with Gasteiger partial charge in [0.2, 0.25) is 0 Å². The molecule has 0 amide bonds. The van der Waals surface area contributed by atoms with Crippen LogP contribution in [0.4, 0.5) is 14.5 Å². The molecule has 0 bridgehead atoms. The van der Waals surface area contributed by atoms with E-state index in [-0.39, 0.29) is 11.6 Å². The van der Waals surface area contributed by atoms with Gasteiger partial charge in [-0.2, -0.15) is 13.9 Å². The van der Waals surface area contributed by atoms with Crippen LogP contribution in [0.1, 0.15) is 19.0 Å². The smallest absolute Gasteiger partial charge is 0.333 e. The summed E-state index contributed by atoms with van der Waals surface area (Å²) < 4.78 is 28.7. The predicted molar refractivity (Wildman–Crippen MR) is 133 cm³/mol. The van der Waals surface area contributed by atoms with Crippen molar-refractivity contribution in [3.63, 3.8) is 0 Å². The van der Waals surface area contributed by atoms with E-state index in [1.807, 2.05) is 18.2 Å². The highest BCUT2D eigenvalue weighted by molar-refractivity contribution is 6.30. The lowest BCUT2D eigenvalue weighted by Gasteiger charge is -2.40. The zero-order valence-electron chi connectivity index (χ0n) is 19.4. The summed E-state index contributed by atoms with van der Waals surface area (Å²) in [4.78, 5) is 22.5. The zero-order valence-corrected chi connectivity index (χ0v) is 20.2. The van der Waals surface area contributed by atoms with Gasteiger partial charge < -0.3 is 9.80 Å². The number of rotatable bonds is 5. The Labute approximate surface area is 206 Å². The van der Waals surface area contributed by atoms with Crippen LogP contribution in [-0.2, 0) is 6.54 Å². The summed E-state index contributed by atoms with van der Waals surface area (Å²) in [7, 11) is 2.07. The highest BCUT2D eigenvalue weighted by atomic mass is 35.5. The highest BCUT2D eigenvalue weighted by Gasteiger charge is 2.26. The van der Waals surface area contributed by atoms with Crippen molar-refractivity contribution in [1.82, 2.24) is 24.2 Å². The number of hydrogen-bond acceptors (Lipinski definition) is 5. The molecule has 7 nitrogen and oxygen atoms in total. The zero-order chi connectivity index (χ0) is 24.7. The van der Waals surface area contributed by atoms with Crippen LogP contribution in [0.5, 0.6) is 0 Å². The van der Waals surface area contributed by atoms with Gasteiger partial charge in [-0.25, -0.2) is 9.67 Å². The first-order valence-electron chi connectivity index (χ1n) is 11.4. The molecule has 0 aliphatic carbocycles. The quantitative estimate of drug-likeness (QED) is 0.405. The Kier molecular flexibility index (Phi) is 6.29. The van der Waals surface area contributed by atoms with Crippen LogP contribution >= 0.6 is 11.6 Å². The Morgan fingerprint density at radius 3 is 2.63 bits per heavy atom. The van der Waals surface area contributed by atoms with Gasteiger partial charge in [-0.05, 0) is 43.8 Å². The number of piperazine rings is 1. The van der Waals surface area contributed by atoms with Gasteiger partial charge >= 0.3 is 6.55 Å². The predicted octanol–water partition coefficient (Wildman–Crippen LogP) is 4.50. The van der Waals surface area contributed by atoms with E-state index in [1.165, 1.54) is 18.7 Å². The third-order valence-corrected chi connectivity index (χ3v) is 6.71. The standard InChI is InChI=1S/C25H25ClF2N6O/c1-16-12-31(2)7-8-33(16)23-10-21-22(9-20(23)18-11-30-34(14-18)25(27)28)29-15-32(24(21)35)13-17-3-5-19(26)6-4-17/h3-6,9-11,14-16,25H,7-8,12-13H2,1-2H3/t16-/m1/s1. The third-order valence-electron chi connectivity index (χ3n) is 6.46. The van der Waals surface area contributed by atoms with E-state index in [1.54, 1.807) is 22.8 Å². The normalized spacial score (nSPS) is 17.0. The van der Waals surface area contributed by atoms with Crippen LogP contribution in [0.25, 0.3) is 22.0 Å². The monoisotopic (exact) mass is 498 g/mol. The van der Waals surface area contributed by atoms with Gasteiger partial charge in [0.05, 0.1) is 30.0 Å². The molecule has 0 unspecified atom stereocenters. The summed E-state index contributed by atoms with van der Waals surface area (Å²) in [5, 5.41) is 4.93. The molecule has 5 rings (SSSR count). The van der Waals surface area contributed by atoms with Crippen LogP contribution in [0.3, 0.4) is 0 Å². The lowest BCUT2D eigenvalue weighted by atomic mass is 10.0. The first-order valence-corrected chi connectivity index (χ1v) is 11.7. The summed E-state index contributed by atoms with van der Waals surface area (Å²) in [5.41, 5.74) is 3.37. The third kappa shape index (κ3) is 4.66. The SMILES string of the molecule is C[C@@H]1CN(C)CCN1c1cc2c(=O)n(Cc3ccc(Cl)cc3)cnc2cc1-c1cnn(C(F)F)c1. The van der Waals surface area contributed by atoms with E-state index in [2.05, 4.69) is 33.9 Å². The van der Waals surface area contributed by atoms with E-state index < -0.39 is 6.55 Å². The molecule has 1 atom stereocenters. The van der Waals surface area contributed by atoms with Crippen molar-refractivity contribution in [2.75, 3.05) is 31.6 Å². The number of likely N-dealkylation sites (N-methyl/N-ethyl adjacent to an activating group) is 1. The van der Waals surface area contributed by atoms with Crippen molar-refractivity contribution in [3.05, 3.63) is 76.1 Å². The van der Waals surface area contributed by atoms with Crippen molar-refractivity contribution >= 4 is 28.2 Å². The molecule has 4 aromatic rings. The first-order chi connectivity index (χ1) is 16.8. The maximum atomic E-state index is 13.5. The van der Waals surface area contributed by atoms with Crippen molar-refractivity contribution in [2.45, 2.75) is 26.1 Å². The maximum absolute atomic E-state index is 13.5. The average molecular weight is 499 g/mol. The van der Waals surface area contributed by atoms with E-state index in [0.717, 1.165) is 36.4 Å². The van der Waals surface area contributed by atoms with E-state index >= 15 is 0 Å². The van der Waals surface area contributed by atoms with Gasteiger partial charge in [-0.15, -0.1) is 0 Å². The minimum atomic E-state index is -2.73. The molecule has 35 heavy (non-hydrogen) atoms.